The number of aromatic nitrogens is 1. The second kappa shape index (κ2) is 6.18. The third-order valence-corrected chi connectivity index (χ3v) is 2.44. The first-order chi connectivity index (χ1) is 8.45. The van der Waals surface area contributed by atoms with Gasteiger partial charge in [-0.3, -0.25) is 9.59 Å². The molecule has 0 fully saturated rings. The molecule has 0 spiro atoms. The molecule has 6 nitrogen and oxygen atoms in total. The van der Waals surface area contributed by atoms with Crippen molar-refractivity contribution in [3.8, 4) is 0 Å². The molecule has 0 radical (unpaired) electrons. The van der Waals surface area contributed by atoms with E-state index < -0.39 is 11.9 Å². The van der Waals surface area contributed by atoms with Crippen molar-refractivity contribution in [2.24, 2.45) is 0 Å². The van der Waals surface area contributed by atoms with Crippen LogP contribution in [0.1, 0.15) is 49.4 Å². The van der Waals surface area contributed by atoms with E-state index in [1.807, 2.05) is 20.8 Å². The van der Waals surface area contributed by atoms with Crippen molar-refractivity contribution in [3.05, 3.63) is 17.5 Å². The highest BCUT2D eigenvalue weighted by atomic mass is 16.5. The summed E-state index contributed by atoms with van der Waals surface area (Å²) in [6.07, 6.45) is 0.685. The summed E-state index contributed by atoms with van der Waals surface area (Å²) in [6, 6.07) is 1.57. The first kappa shape index (κ1) is 14.2. The number of hydrogen-bond donors (Lipinski definition) is 1. The van der Waals surface area contributed by atoms with Crippen molar-refractivity contribution in [1.82, 2.24) is 10.1 Å². The molecular weight excluding hydrogens is 236 g/mol. The van der Waals surface area contributed by atoms with Gasteiger partial charge in [0.2, 0.25) is 5.76 Å². The van der Waals surface area contributed by atoms with E-state index in [0.29, 0.717) is 18.7 Å². The van der Waals surface area contributed by atoms with Crippen LogP contribution in [-0.2, 0) is 4.79 Å². The number of rotatable bonds is 6. The molecule has 0 aliphatic rings. The lowest BCUT2D eigenvalue weighted by Crippen LogP contribution is -2.36. The average molecular weight is 254 g/mol. The van der Waals surface area contributed by atoms with E-state index in [0.717, 1.165) is 0 Å². The molecule has 1 heterocycles. The van der Waals surface area contributed by atoms with Crippen LogP contribution < -0.4 is 0 Å². The number of nitrogens with zero attached hydrogens (tertiary/aromatic N) is 2. The molecule has 6 heteroatoms. The van der Waals surface area contributed by atoms with Crippen LogP contribution >= 0.6 is 0 Å². The summed E-state index contributed by atoms with van der Waals surface area (Å²) in [5, 5.41) is 12.5. The Bertz CT molecular complexity index is 425. The van der Waals surface area contributed by atoms with Gasteiger partial charge >= 0.3 is 5.97 Å². The fourth-order valence-electron chi connectivity index (χ4n) is 1.50. The molecule has 0 saturated heterocycles. The Labute approximate surface area is 106 Å². The van der Waals surface area contributed by atoms with Crippen LogP contribution in [0.15, 0.2) is 10.6 Å². The fraction of sp³-hybridized carbons (Fsp3) is 0.583. The summed E-state index contributed by atoms with van der Waals surface area (Å²) in [4.78, 5) is 24.0. The van der Waals surface area contributed by atoms with Gasteiger partial charge in [0, 0.05) is 12.6 Å². The normalized spacial score (nSPS) is 10.7. The van der Waals surface area contributed by atoms with Gasteiger partial charge in [-0.25, -0.2) is 0 Å². The molecule has 1 aromatic rings. The van der Waals surface area contributed by atoms with E-state index in [1.165, 1.54) is 4.90 Å². The molecule has 18 heavy (non-hydrogen) atoms. The molecule has 1 N–H and O–H groups in total. The van der Waals surface area contributed by atoms with Crippen molar-refractivity contribution in [3.63, 3.8) is 0 Å². The molecular formula is C12H18N2O4. The van der Waals surface area contributed by atoms with Gasteiger partial charge in [0.25, 0.3) is 5.91 Å². The van der Waals surface area contributed by atoms with Crippen LogP contribution in [0.5, 0.6) is 0 Å². The molecule has 0 aliphatic carbocycles. The number of carbonyl (C=O) groups excluding carboxylic acids is 1. The van der Waals surface area contributed by atoms with Crippen molar-refractivity contribution < 1.29 is 19.2 Å². The van der Waals surface area contributed by atoms with Crippen molar-refractivity contribution in [2.75, 3.05) is 13.1 Å². The lowest BCUT2D eigenvalue weighted by atomic mass is 10.1. The summed E-state index contributed by atoms with van der Waals surface area (Å²) < 4.78 is 4.96. The fourth-order valence-corrected chi connectivity index (χ4v) is 1.50. The second-order valence-electron chi connectivity index (χ2n) is 4.39. The Hall–Kier alpha value is -1.85. The van der Waals surface area contributed by atoms with Gasteiger partial charge in [-0.05, 0) is 12.3 Å². The number of aliphatic carboxylic acids is 1. The van der Waals surface area contributed by atoms with Crippen molar-refractivity contribution >= 4 is 11.9 Å². The average Bonchev–Trinajstić information content (AvgIpc) is 2.76. The highest BCUT2D eigenvalue weighted by Gasteiger charge is 2.22. The largest absolute Gasteiger partial charge is 0.480 e. The third kappa shape index (κ3) is 3.58. The number of carboxylic acid groups (broad SMARTS) is 1. The number of hydrogen-bond acceptors (Lipinski definition) is 4. The van der Waals surface area contributed by atoms with E-state index in [9.17, 15) is 9.59 Å². The predicted molar refractivity (Wildman–Crippen MR) is 64.4 cm³/mol. The van der Waals surface area contributed by atoms with E-state index >= 15 is 0 Å². The number of carboxylic acids is 1. The Kier molecular flexibility index (Phi) is 4.88. The minimum atomic E-state index is -1.04. The highest BCUT2D eigenvalue weighted by Crippen LogP contribution is 2.15. The van der Waals surface area contributed by atoms with Crippen molar-refractivity contribution in [1.29, 1.82) is 0 Å². The first-order valence-electron chi connectivity index (χ1n) is 5.93. The maximum atomic E-state index is 12.0. The summed E-state index contributed by atoms with van der Waals surface area (Å²) >= 11 is 0. The summed E-state index contributed by atoms with van der Waals surface area (Å²) in [5.74, 6) is -1.22. The summed E-state index contributed by atoms with van der Waals surface area (Å²) in [5.41, 5.74) is 0.685. The van der Waals surface area contributed by atoms with Crippen LogP contribution in [0.3, 0.4) is 0 Å². The number of carbonyl (C=O) groups is 2. The minimum absolute atomic E-state index is 0.0911. The Morgan fingerprint density at radius 2 is 2.17 bits per heavy atom. The second-order valence-corrected chi connectivity index (χ2v) is 4.39. The van der Waals surface area contributed by atoms with Gasteiger partial charge in [-0.15, -0.1) is 0 Å². The van der Waals surface area contributed by atoms with Crippen LogP contribution in [0.4, 0.5) is 0 Å². The van der Waals surface area contributed by atoms with Gasteiger partial charge in [-0.2, -0.15) is 0 Å². The smallest absolute Gasteiger partial charge is 0.323 e. The molecule has 0 unspecified atom stereocenters. The topological polar surface area (TPSA) is 83.6 Å². The molecule has 0 aromatic carbocycles. The Morgan fingerprint density at radius 3 is 2.61 bits per heavy atom. The summed E-state index contributed by atoms with van der Waals surface area (Å²) in [6.45, 7) is 5.80. The first-order valence-corrected chi connectivity index (χ1v) is 5.93. The van der Waals surface area contributed by atoms with Gasteiger partial charge in [-0.1, -0.05) is 25.9 Å². The van der Waals surface area contributed by atoms with Crippen LogP contribution in [0.2, 0.25) is 0 Å². The van der Waals surface area contributed by atoms with E-state index in [1.54, 1.807) is 6.07 Å². The lowest BCUT2D eigenvalue weighted by molar-refractivity contribution is -0.137. The quantitative estimate of drug-likeness (QED) is 0.835. The Balaban J connectivity index is 2.83. The van der Waals surface area contributed by atoms with E-state index in [4.69, 9.17) is 9.63 Å². The van der Waals surface area contributed by atoms with Gasteiger partial charge in [0.05, 0.1) is 5.69 Å². The maximum Gasteiger partial charge on any atom is 0.323 e. The molecule has 100 valence electrons. The van der Waals surface area contributed by atoms with Crippen LogP contribution in [0.25, 0.3) is 0 Å². The predicted octanol–water partition coefficient (Wildman–Crippen LogP) is 1.73. The molecule has 0 bridgehead atoms. The monoisotopic (exact) mass is 254 g/mol. The van der Waals surface area contributed by atoms with E-state index in [2.05, 4.69) is 5.16 Å². The van der Waals surface area contributed by atoms with Crippen LogP contribution in [0, 0.1) is 0 Å². The highest BCUT2D eigenvalue weighted by molar-refractivity contribution is 5.93. The molecule has 1 aromatic heterocycles. The maximum absolute atomic E-state index is 12.0. The zero-order chi connectivity index (χ0) is 13.7. The zero-order valence-electron chi connectivity index (χ0n) is 10.8. The molecule has 0 saturated carbocycles. The third-order valence-electron chi connectivity index (χ3n) is 2.44. The van der Waals surface area contributed by atoms with Gasteiger partial charge in [0.1, 0.15) is 6.54 Å². The molecule has 0 atom stereocenters. The molecule has 0 aliphatic heterocycles. The van der Waals surface area contributed by atoms with E-state index in [-0.39, 0.29) is 18.2 Å². The minimum Gasteiger partial charge on any atom is -0.480 e. The lowest BCUT2D eigenvalue weighted by Gasteiger charge is -2.17. The summed E-state index contributed by atoms with van der Waals surface area (Å²) in [7, 11) is 0. The molecule has 1 rings (SSSR count). The van der Waals surface area contributed by atoms with Crippen molar-refractivity contribution in [2.45, 2.75) is 33.1 Å². The standard InChI is InChI=1S/C12H18N2O4/c1-4-5-14(7-11(15)16)12(17)10-6-9(8(2)3)13-18-10/h6,8H,4-5,7H2,1-3H3,(H,15,16). The van der Waals surface area contributed by atoms with Gasteiger partial charge in [0.15, 0.2) is 0 Å². The zero-order valence-corrected chi connectivity index (χ0v) is 10.8. The number of amides is 1. The Morgan fingerprint density at radius 1 is 1.50 bits per heavy atom. The molecule has 1 amide bonds. The van der Waals surface area contributed by atoms with Gasteiger partial charge < -0.3 is 14.5 Å². The SMILES string of the molecule is CCCN(CC(=O)O)C(=O)c1cc(C(C)C)no1. The van der Waals surface area contributed by atoms with Crippen LogP contribution in [-0.4, -0.2) is 40.1 Å².